The molecule has 13 aromatic rings. The molecule has 0 N–H and O–H groups in total. The van der Waals surface area contributed by atoms with Crippen molar-refractivity contribution in [1.29, 1.82) is 0 Å². The van der Waals surface area contributed by atoms with Gasteiger partial charge in [0.05, 0.1) is 17.1 Å². The van der Waals surface area contributed by atoms with Crippen molar-refractivity contribution < 1.29 is 0 Å². The maximum Gasteiger partial charge on any atom is 0.0705 e. The van der Waals surface area contributed by atoms with Gasteiger partial charge in [-0.3, -0.25) is 15.0 Å². The van der Waals surface area contributed by atoms with Crippen molar-refractivity contribution in [3.8, 4) is 134 Å². The van der Waals surface area contributed by atoms with Crippen molar-refractivity contribution in [2.45, 2.75) is 6.92 Å². The summed E-state index contributed by atoms with van der Waals surface area (Å²) in [7, 11) is 0. The van der Waals surface area contributed by atoms with E-state index in [1.54, 1.807) is 0 Å². The molecule has 3 heterocycles. The summed E-state index contributed by atoms with van der Waals surface area (Å²) in [5, 5.41) is 0. The fraction of sp³-hybridized carbons (Fsp3) is 0.0132. The third-order valence-corrected chi connectivity index (χ3v) is 15.8. The molecular formula is C76H52BrN3. The van der Waals surface area contributed by atoms with Gasteiger partial charge in [0, 0.05) is 45.3 Å². The van der Waals surface area contributed by atoms with Crippen LogP contribution in [0.1, 0.15) is 5.56 Å². The first-order valence-corrected chi connectivity index (χ1v) is 27.8. The Balaban J connectivity index is 0.996. The minimum Gasteiger partial charge on any atom is -0.256 e. The van der Waals surface area contributed by atoms with E-state index in [4.69, 9.17) is 15.0 Å². The van der Waals surface area contributed by atoms with Gasteiger partial charge in [-0.2, -0.15) is 0 Å². The van der Waals surface area contributed by atoms with Crippen LogP contribution in [0, 0.1) is 6.92 Å². The molecule has 378 valence electrons. The number of rotatable bonds is 12. The van der Waals surface area contributed by atoms with E-state index in [1.807, 2.05) is 48.9 Å². The standard InChI is InChI=1S/C76H52BrN3/c1-51-43-76(80-50-72(51)54-25-9-4-10-26-54)57-37-40-69(73(77)49-57)66-32-16-13-29-63(66)60-45-58(61-27-11-14-30-64(61)67-38-35-55(74-33-17-19-41-78-74)47-70(67)52-21-5-2-6-22-52)44-59(46-60)62-28-12-15-31-65(62)68-39-36-56(75-34-18-20-42-79-75)48-71(68)53-23-7-3-8-24-53/h2-50H,1H3. The van der Waals surface area contributed by atoms with E-state index in [0.717, 1.165) is 138 Å². The number of aryl methyl sites for hydroxylation is 1. The van der Waals surface area contributed by atoms with Gasteiger partial charge in [-0.1, -0.05) is 228 Å². The molecule has 13 rings (SSSR count). The van der Waals surface area contributed by atoms with Crippen LogP contribution in [0.3, 0.4) is 0 Å². The van der Waals surface area contributed by atoms with Crippen molar-refractivity contribution in [1.82, 2.24) is 15.0 Å². The van der Waals surface area contributed by atoms with E-state index >= 15 is 0 Å². The van der Waals surface area contributed by atoms with Crippen molar-refractivity contribution in [3.63, 3.8) is 0 Å². The minimum absolute atomic E-state index is 0.931. The second-order valence-corrected chi connectivity index (χ2v) is 20.9. The van der Waals surface area contributed by atoms with Crippen LogP contribution in [0.2, 0.25) is 0 Å². The van der Waals surface area contributed by atoms with Crippen LogP contribution >= 0.6 is 15.9 Å². The first-order valence-electron chi connectivity index (χ1n) is 27.0. The van der Waals surface area contributed by atoms with Crippen molar-refractivity contribution in [3.05, 3.63) is 308 Å². The molecule has 0 atom stereocenters. The zero-order valence-electron chi connectivity index (χ0n) is 44.0. The number of halogens is 1. The predicted octanol–water partition coefficient (Wildman–Crippen LogP) is 20.9. The lowest BCUT2D eigenvalue weighted by atomic mass is 9.84. The van der Waals surface area contributed by atoms with E-state index < -0.39 is 0 Å². The second kappa shape index (κ2) is 22.2. The summed E-state index contributed by atoms with van der Waals surface area (Å²) in [5.74, 6) is 0. The highest BCUT2D eigenvalue weighted by Gasteiger charge is 2.21. The Bertz CT molecular complexity index is 4160. The number of nitrogens with zero attached hydrogens (tertiary/aromatic N) is 3. The Labute approximate surface area is 476 Å². The highest BCUT2D eigenvalue weighted by Crippen LogP contribution is 2.47. The fourth-order valence-corrected chi connectivity index (χ4v) is 11.8. The average Bonchev–Trinajstić information content (AvgIpc) is 3.71. The van der Waals surface area contributed by atoms with Crippen LogP contribution in [0.4, 0.5) is 0 Å². The molecule has 0 bridgehead atoms. The molecule has 0 spiro atoms. The summed E-state index contributed by atoms with van der Waals surface area (Å²) < 4.78 is 0.992. The second-order valence-electron chi connectivity index (χ2n) is 20.1. The van der Waals surface area contributed by atoms with Gasteiger partial charge < -0.3 is 0 Å². The maximum absolute atomic E-state index is 4.98. The topological polar surface area (TPSA) is 38.7 Å². The lowest BCUT2D eigenvalue weighted by Gasteiger charge is -2.20. The third-order valence-electron chi connectivity index (χ3n) is 15.1. The molecule has 0 fully saturated rings. The summed E-state index contributed by atoms with van der Waals surface area (Å²) in [6.07, 6.45) is 5.72. The summed E-state index contributed by atoms with van der Waals surface area (Å²) in [5.41, 5.74) is 27.5. The molecular weight excluding hydrogens is 1030 g/mol. The quantitative estimate of drug-likeness (QED) is 0.122. The van der Waals surface area contributed by atoms with E-state index in [0.29, 0.717) is 0 Å². The normalized spacial score (nSPS) is 11.1. The Morgan fingerprint density at radius 1 is 0.225 bits per heavy atom. The van der Waals surface area contributed by atoms with Crippen LogP contribution in [0.25, 0.3) is 134 Å². The Hall–Kier alpha value is -9.87. The molecule has 0 aliphatic heterocycles. The van der Waals surface area contributed by atoms with Crippen LogP contribution in [0.15, 0.2) is 302 Å². The lowest BCUT2D eigenvalue weighted by Crippen LogP contribution is -1.94. The molecule has 0 amide bonds. The summed E-state index contributed by atoms with van der Waals surface area (Å²) in [4.78, 5) is 14.5. The summed E-state index contributed by atoms with van der Waals surface area (Å²) in [6, 6.07) is 100. The Morgan fingerprint density at radius 2 is 0.575 bits per heavy atom. The first-order chi connectivity index (χ1) is 39.5. The third kappa shape index (κ3) is 10.0. The Morgan fingerprint density at radius 3 is 0.975 bits per heavy atom. The monoisotopic (exact) mass is 1090 g/mol. The highest BCUT2D eigenvalue weighted by atomic mass is 79.9. The number of benzene rings is 10. The smallest absolute Gasteiger partial charge is 0.0705 e. The number of aromatic nitrogens is 3. The van der Waals surface area contributed by atoms with Crippen molar-refractivity contribution >= 4 is 15.9 Å². The molecule has 10 aromatic carbocycles. The van der Waals surface area contributed by atoms with Crippen LogP contribution in [0.5, 0.6) is 0 Å². The molecule has 0 saturated heterocycles. The molecule has 3 nitrogen and oxygen atoms in total. The van der Waals surface area contributed by atoms with Crippen LogP contribution in [-0.2, 0) is 0 Å². The van der Waals surface area contributed by atoms with Gasteiger partial charge in [0.2, 0.25) is 0 Å². The molecule has 4 heteroatoms. The maximum atomic E-state index is 4.98. The fourth-order valence-electron chi connectivity index (χ4n) is 11.2. The van der Waals surface area contributed by atoms with E-state index in [1.165, 1.54) is 5.56 Å². The number of hydrogen-bond donors (Lipinski definition) is 0. The first kappa shape index (κ1) is 49.7. The largest absolute Gasteiger partial charge is 0.256 e. The van der Waals surface area contributed by atoms with E-state index in [-0.39, 0.29) is 0 Å². The highest BCUT2D eigenvalue weighted by molar-refractivity contribution is 9.10. The van der Waals surface area contributed by atoms with Gasteiger partial charge in [0.1, 0.15) is 0 Å². The predicted molar refractivity (Wildman–Crippen MR) is 337 cm³/mol. The summed E-state index contributed by atoms with van der Waals surface area (Å²) >= 11 is 4.09. The van der Waals surface area contributed by atoms with E-state index in [2.05, 4.69) is 272 Å². The molecule has 3 aromatic heterocycles. The molecule has 0 radical (unpaired) electrons. The van der Waals surface area contributed by atoms with Gasteiger partial charge in [-0.25, -0.2) is 0 Å². The molecule has 0 saturated carbocycles. The summed E-state index contributed by atoms with van der Waals surface area (Å²) in [6.45, 7) is 2.16. The minimum atomic E-state index is 0.931. The lowest BCUT2D eigenvalue weighted by molar-refractivity contribution is 1.28. The van der Waals surface area contributed by atoms with E-state index in [9.17, 15) is 0 Å². The van der Waals surface area contributed by atoms with Gasteiger partial charge in [-0.15, -0.1) is 0 Å². The zero-order chi connectivity index (χ0) is 53.8. The number of hydrogen-bond acceptors (Lipinski definition) is 3. The Kier molecular flexibility index (Phi) is 13.8. The molecule has 80 heavy (non-hydrogen) atoms. The van der Waals surface area contributed by atoms with Crippen molar-refractivity contribution in [2.75, 3.05) is 0 Å². The van der Waals surface area contributed by atoms with Gasteiger partial charge in [0.25, 0.3) is 0 Å². The SMILES string of the molecule is Cc1cc(-c2ccc(-c3ccccc3-c3cc(-c4ccccc4-c4ccc(-c5ccccn5)cc4-c4ccccc4)cc(-c4ccccc4-c4ccc(-c5ccccn5)cc4-c4ccccc4)c3)c(Br)c2)ncc1-c1ccccc1. The average molecular weight is 1090 g/mol. The number of pyridine rings is 3. The molecule has 0 aliphatic rings. The van der Waals surface area contributed by atoms with Crippen LogP contribution < -0.4 is 0 Å². The molecule has 0 aliphatic carbocycles. The van der Waals surface area contributed by atoms with Crippen molar-refractivity contribution in [2.24, 2.45) is 0 Å². The van der Waals surface area contributed by atoms with Gasteiger partial charge >= 0.3 is 0 Å². The molecule has 0 unspecified atom stereocenters. The van der Waals surface area contributed by atoms with Gasteiger partial charge in [-0.05, 0) is 174 Å². The van der Waals surface area contributed by atoms with Crippen LogP contribution in [-0.4, -0.2) is 15.0 Å². The van der Waals surface area contributed by atoms with Gasteiger partial charge in [0.15, 0.2) is 0 Å². The zero-order valence-corrected chi connectivity index (χ0v) is 45.6.